The smallest absolute Gasteiger partial charge is 0.253 e. The van der Waals surface area contributed by atoms with E-state index in [0.717, 1.165) is 18.5 Å². The molecule has 2 aromatic rings. The van der Waals surface area contributed by atoms with Crippen molar-refractivity contribution in [2.24, 2.45) is 0 Å². The van der Waals surface area contributed by atoms with Gasteiger partial charge in [0.05, 0.1) is 6.54 Å². The lowest BCUT2D eigenvalue weighted by molar-refractivity contribution is 0.0786. The first-order valence-corrected chi connectivity index (χ1v) is 7.68. The molecule has 0 unspecified atom stereocenters. The second kappa shape index (κ2) is 6.50. The van der Waals surface area contributed by atoms with Gasteiger partial charge in [-0.3, -0.25) is 4.79 Å². The molecule has 21 heavy (non-hydrogen) atoms. The Morgan fingerprint density at radius 3 is 2.90 bits per heavy atom. The predicted molar refractivity (Wildman–Crippen MR) is 90.7 cm³/mol. The van der Waals surface area contributed by atoms with Gasteiger partial charge in [0.2, 0.25) is 0 Å². The lowest BCUT2D eigenvalue weighted by Gasteiger charge is -2.17. The highest BCUT2D eigenvalue weighted by Crippen LogP contribution is 2.24. The first kappa shape index (κ1) is 15.9. The van der Waals surface area contributed by atoms with E-state index in [4.69, 9.17) is 0 Å². The number of hydrogen-bond acceptors (Lipinski definition) is 3. The molecule has 0 bridgehead atoms. The van der Waals surface area contributed by atoms with Crippen LogP contribution in [0.3, 0.4) is 0 Å². The summed E-state index contributed by atoms with van der Waals surface area (Å²) in [5.41, 5.74) is 4.45. The number of anilines is 1. The molecule has 112 valence electrons. The largest absolute Gasteiger partial charge is 0.384 e. The number of amides is 1. The van der Waals surface area contributed by atoms with Crippen molar-refractivity contribution in [3.8, 4) is 0 Å². The van der Waals surface area contributed by atoms with Crippen LogP contribution < -0.4 is 5.32 Å². The third-order valence-corrected chi connectivity index (χ3v) is 4.77. The average molecular weight is 323 g/mol. The summed E-state index contributed by atoms with van der Waals surface area (Å²) in [7, 11) is 1.87. The van der Waals surface area contributed by atoms with Gasteiger partial charge in [-0.25, -0.2) is 0 Å². The Morgan fingerprint density at radius 1 is 1.38 bits per heavy atom. The molecule has 1 N–H and O–H groups in total. The molecule has 0 saturated heterocycles. The Balaban J connectivity index is 0.00000161. The molecule has 3 nitrogen and oxygen atoms in total. The van der Waals surface area contributed by atoms with Gasteiger partial charge in [-0.1, -0.05) is 0 Å². The Kier molecular flexibility index (Phi) is 4.91. The summed E-state index contributed by atoms with van der Waals surface area (Å²) < 4.78 is 0. The number of halogens is 1. The van der Waals surface area contributed by atoms with Crippen molar-refractivity contribution in [1.82, 2.24) is 4.90 Å². The van der Waals surface area contributed by atoms with Crippen molar-refractivity contribution in [3.63, 3.8) is 0 Å². The topological polar surface area (TPSA) is 32.3 Å². The second-order valence-corrected chi connectivity index (χ2v) is 6.24. The molecule has 1 aromatic carbocycles. The van der Waals surface area contributed by atoms with E-state index in [0.29, 0.717) is 6.54 Å². The molecule has 5 heteroatoms. The van der Waals surface area contributed by atoms with Crippen LogP contribution in [0.5, 0.6) is 0 Å². The fourth-order valence-electron chi connectivity index (χ4n) is 2.51. The van der Waals surface area contributed by atoms with Crippen LogP contribution >= 0.6 is 23.7 Å². The van der Waals surface area contributed by atoms with Crippen LogP contribution in [-0.4, -0.2) is 24.4 Å². The lowest BCUT2D eigenvalue weighted by atomic mass is 10.1. The number of hydrogen-bond donors (Lipinski definition) is 1. The van der Waals surface area contributed by atoms with Crippen molar-refractivity contribution < 1.29 is 4.79 Å². The zero-order valence-electron chi connectivity index (χ0n) is 12.2. The highest BCUT2D eigenvalue weighted by Gasteiger charge is 2.17. The van der Waals surface area contributed by atoms with Crippen molar-refractivity contribution in [3.05, 3.63) is 51.2 Å². The summed E-state index contributed by atoms with van der Waals surface area (Å²) in [6.07, 6.45) is 1.00. The van der Waals surface area contributed by atoms with E-state index in [-0.39, 0.29) is 18.3 Å². The van der Waals surface area contributed by atoms with Gasteiger partial charge < -0.3 is 10.2 Å². The van der Waals surface area contributed by atoms with Gasteiger partial charge >= 0.3 is 0 Å². The van der Waals surface area contributed by atoms with Gasteiger partial charge in [0.15, 0.2) is 0 Å². The van der Waals surface area contributed by atoms with Crippen molar-refractivity contribution in [2.45, 2.75) is 19.9 Å². The number of carbonyl (C=O) groups is 1. The Morgan fingerprint density at radius 2 is 2.19 bits per heavy atom. The monoisotopic (exact) mass is 322 g/mol. The summed E-state index contributed by atoms with van der Waals surface area (Å²) in [6, 6.07) is 8.05. The zero-order chi connectivity index (χ0) is 14.1. The maximum atomic E-state index is 12.5. The van der Waals surface area contributed by atoms with E-state index in [2.05, 4.69) is 23.7 Å². The molecule has 0 atom stereocenters. The molecule has 1 aromatic heterocycles. The minimum atomic E-state index is 0. The Labute approximate surface area is 135 Å². The first-order valence-electron chi connectivity index (χ1n) is 6.80. The van der Waals surface area contributed by atoms with E-state index < -0.39 is 0 Å². The molecule has 0 aliphatic carbocycles. The second-order valence-electron chi connectivity index (χ2n) is 5.24. The standard InChI is InChI=1S/C16H18N2OS.ClH/c1-11-6-8-20-15(11)10-18(2)16(19)13-3-4-14-12(9-13)5-7-17-14;/h3-4,6,8-9,17H,5,7,10H2,1-2H3;1H. The predicted octanol–water partition coefficient (Wildman–Crippen LogP) is 3.72. The van der Waals surface area contributed by atoms with Gasteiger partial charge in [-0.15, -0.1) is 23.7 Å². The van der Waals surface area contributed by atoms with Crippen LogP contribution in [0.1, 0.15) is 26.4 Å². The van der Waals surface area contributed by atoms with Crippen LogP contribution in [-0.2, 0) is 13.0 Å². The zero-order valence-corrected chi connectivity index (χ0v) is 13.8. The number of fused-ring (bicyclic) bond motifs is 1. The summed E-state index contributed by atoms with van der Waals surface area (Å²) in [5.74, 6) is 0.0903. The number of benzene rings is 1. The van der Waals surface area contributed by atoms with E-state index >= 15 is 0 Å². The van der Waals surface area contributed by atoms with Gasteiger partial charge in [0, 0.05) is 29.7 Å². The third kappa shape index (κ3) is 3.22. The number of aryl methyl sites for hydroxylation is 1. The van der Waals surface area contributed by atoms with Crippen molar-refractivity contribution in [1.29, 1.82) is 0 Å². The fourth-order valence-corrected chi connectivity index (χ4v) is 3.47. The molecule has 1 aliphatic heterocycles. The maximum Gasteiger partial charge on any atom is 0.253 e. The molecule has 0 saturated carbocycles. The number of nitrogens with one attached hydrogen (secondary N) is 1. The summed E-state index contributed by atoms with van der Waals surface area (Å²) in [5, 5.41) is 5.39. The summed E-state index contributed by atoms with van der Waals surface area (Å²) >= 11 is 1.71. The quantitative estimate of drug-likeness (QED) is 0.934. The average Bonchev–Trinajstić information content (AvgIpc) is 3.06. The molecular formula is C16H19ClN2OS. The summed E-state index contributed by atoms with van der Waals surface area (Å²) in [6.45, 7) is 3.74. The van der Waals surface area contributed by atoms with Crippen LogP contribution in [0.2, 0.25) is 0 Å². The SMILES string of the molecule is Cc1ccsc1CN(C)C(=O)c1ccc2c(c1)CCN2.Cl. The molecule has 3 rings (SSSR count). The highest BCUT2D eigenvalue weighted by molar-refractivity contribution is 7.10. The lowest BCUT2D eigenvalue weighted by Crippen LogP contribution is -2.26. The maximum absolute atomic E-state index is 12.5. The number of carbonyl (C=O) groups excluding carboxylic acids is 1. The third-order valence-electron chi connectivity index (χ3n) is 3.76. The normalized spacial score (nSPS) is 12.3. The van der Waals surface area contributed by atoms with Crippen molar-refractivity contribution in [2.75, 3.05) is 18.9 Å². The van der Waals surface area contributed by atoms with Crippen LogP contribution in [0.4, 0.5) is 5.69 Å². The van der Waals surface area contributed by atoms with Crippen molar-refractivity contribution >= 4 is 35.3 Å². The highest BCUT2D eigenvalue weighted by atomic mass is 35.5. The minimum Gasteiger partial charge on any atom is -0.384 e. The van der Waals surface area contributed by atoms with Gasteiger partial charge in [0.1, 0.15) is 0 Å². The van der Waals surface area contributed by atoms with Crippen LogP contribution in [0.25, 0.3) is 0 Å². The molecule has 1 aliphatic rings. The minimum absolute atomic E-state index is 0. The summed E-state index contributed by atoms with van der Waals surface area (Å²) in [4.78, 5) is 15.5. The van der Waals surface area contributed by atoms with Crippen LogP contribution in [0, 0.1) is 6.92 Å². The number of rotatable bonds is 3. The molecule has 0 fully saturated rings. The molecule has 2 heterocycles. The van der Waals surface area contributed by atoms with E-state index in [1.54, 1.807) is 16.2 Å². The number of thiophene rings is 1. The molecule has 0 radical (unpaired) electrons. The number of nitrogens with zero attached hydrogens (tertiary/aromatic N) is 1. The first-order chi connectivity index (χ1) is 9.65. The van der Waals surface area contributed by atoms with Gasteiger partial charge in [0.25, 0.3) is 5.91 Å². The molecular weight excluding hydrogens is 304 g/mol. The van der Waals surface area contributed by atoms with Gasteiger partial charge in [-0.05, 0) is 54.1 Å². The molecule has 0 spiro atoms. The fraction of sp³-hybridized carbons (Fsp3) is 0.312. The van der Waals surface area contributed by atoms with E-state index in [1.807, 2.05) is 25.2 Å². The molecule has 1 amide bonds. The Bertz CT molecular complexity index is 653. The van der Waals surface area contributed by atoms with Crippen LogP contribution in [0.15, 0.2) is 29.6 Å². The van der Waals surface area contributed by atoms with E-state index in [1.165, 1.54) is 21.7 Å². The van der Waals surface area contributed by atoms with E-state index in [9.17, 15) is 4.79 Å². The Hall–Kier alpha value is -1.52. The van der Waals surface area contributed by atoms with Gasteiger partial charge in [-0.2, -0.15) is 0 Å².